The molecule has 0 saturated carbocycles. The lowest BCUT2D eigenvalue weighted by Crippen LogP contribution is -2.42. The minimum Gasteiger partial charge on any atom is -0.459 e. The fourth-order valence-corrected chi connectivity index (χ4v) is 2.71. The molecule has 0 aliphatic carbocycles. The number of nitrogens with zero attached hydrogens (tertiary/aromatic N) is 1. The van der Waals surface area contributed by atoms with E-state index >= 15 is 0 Å². The van der Waals surface area contributed by atoms with Crippen molar-refractivity contribution in [1.82, 2.24) is 4.72 Å². The summed E-state index contributed by atoms with van der Waals surface area (Å²) >= 11 is 0. The summed E-state index contributed by atoms with van der Waals surface area (Å²) in [4.78, 5) is 11.7. The fourth-order valence-electron chi connectivity index (χ4n) is 1.47. The number of carbonyl (C=O) groups is 1. The van der Waals surface area contributed by atoms with E-state index < -0.39 is 27.6 Å². The van der Waals surface area contributed by atoms with E-state index in [1.165, 1.54) is 31.2 Å². The molecule has 0 unspecified atom stereocenters. The Hall–Kier alpha value is -1.91. The Labute approximate surface area is 124 Å². The molecule has 1 rings (SSSR count). The number of ether oxygens (including phenoxy) is 1. The molecule has 0 fully saturated rings. The molecule has 21 heavy (non-hydrogen) atoms. The summed E-state index contributed by atoms with van der Waals surface area (Å²) in [5, 5.41) is 8.79. The van der Waals surface area contributed by atoms with Gasteiger partial charge in [0.15, 0.2) is 0 Å². The van der Waals surface area contributed by atoms with Gasteiger partial charge in [-0.3, -0.25) is 4.79 Å². The number of carbonyl (C=O) groups excluding carboxylic acids is 1. The van der Waals surface area contributed by atoms with E-state index in [4.69, 9.17) is 10.00 Å². The van der Waals surface area contributed by atoms with Crippen molar-refractivity contribution < 1.29 is 17.9 Å². The first kappa shape index (κ1) is 17.1. The van der Waals surface area contributed by atoms with Crippen LogP contribution in [0.1, 0.15) is 33.3 Å². The maximum absolute atomic E-state index is 12.2. The van der Waals surface area contributed by atoms with Crippen molar-refractivity contribution in [3.8, 4) is 6.07 Å². The van der Waals surface area contributed by atoms with Crippen LogP contribution >= 0.6 is 0 Å². The van der Waals surface area contributed by atoms with Crippen LogP contribution in [0.25, 0.3) is 0 Å². The third-order valence-electron chi connectivity index (χ3n) is 2.37. The first-order valence-corrected chi connectivity index (χ1v) is 7.79. The van der Waals surface area contributed by atoms with E-state index in [1.54, 1.807) is 20.8 Å². The van der Waals surface area contributed by atoms with Gasteiger partial charge >= 0.3 is 5.97 Å². The van der Waals surface area contributed by atoms with Crippen molar-refractivity contribution in [3.63, 3.8) is 0 Å². The van der Waals surface area contributed by atoms with Crippen LogP contribution in [-0.2, 0) is 19.6 Å². The van der Waals surface area contributed by atoms with E-state index in [1.807, 2.05) is 6.07 Å². The number of hydrogen-bond acceptors (Lipinski definition) is 5. The molecule has 1 N–H and O–H groups in total. The number of nitriles is 1. The quantitative estimate of drug-likeness (QED) is 0.851. The van der Waals surface area contributed by atoms with Crippen LogP contribution in [0, 0.1) is 11.3 Å². The van der Waals surface area contributed by atoms with Gasteiger partial charge in [-0.25, -0.2) is 8.42 Å². The zero-order chi connectivity index (χ0) is 16.3. The van der Waals surface area contributed by atoms with Crippen LogP contribution in [0.15, 0.2) is 29.2 Å². The first-order valence-electron chi connectivity index (χ1n) is 6.30. The second kappa shape index (κ2) is 6.24. The van der Waals surface area contributed by atoms with Gasteiger partial charge in [0.1, 0.15) is 11.6 Å². The fraction of sp³-hybridized carbons (Fsp3) is 0.429. The van der Waals surface area contributed by atoms with Crippen molar-refractivity contribution in [2.45, 2.75) is 44.2 Å². The first-order chi connectivity index (χ1) is 9.55. The highest BCUT2D eigenvalue weighted by atomic mass is 32.2. The number of nitrogens with one attached hydrogen (secondary N) is 1. The highest BCUT2D eigenvalue weighted by Gasteiger charge is 2.26. The predicted molar refractivity (Wildman–Crippen MR) is 76.8 cm³/mol. The number of hydrogen-bond donors (Lipinski definition) is 1. The summed E-state index contributed by atoms with van der Waals surface area (Å²) in [6, 6.07) is 6.39. The molecule has 0 bridgehead atoms. The Kier molecular flexibility index (Phi) is 5.10. The number of benzene rings is 1. The van der Waals surface area contributed by atoms with Crippen LogP contribution in [0.2, 0.25) is 0 Å². The smallest absolute Gasteiger partial charge is 0.324 e. The van der Waals surface area contributed by atoms with Gasteiger partial charge in [0.25, 0.3) is 0 Å². The Morgan fingerprint density at radius 1 is 1.38 bits per heavy atom. The normalized spacial score (nSPS) is 13.3. The Morgan fingerprint density at radius 2 is 2.00 bits per heavy atom. The predicted octanol–water partition coefficient (Wildman–Crippen LogP) is 1.57. The molecule has 1 aromatic rings. The molecule has 0 aliphatic rings. The molecule has 0 aromatic heterocycles. The molecule has 0 heterocycles. The Balaban J connectivity index is 2.90. The van der Waals surface area contributed by atoms with Gasteiger partial charge in [0.2, 0.25) is 10.0 Å². The molecular weight excluding hydrogens is 292 g/mol. The van der Waals surface area contributed by atoms with Crippen molar-refractivity contribution in [2.75, 3.05) is 0 Å². The minimum absolute atomic E-state index is 0.0723. The van der Waals surface area contributed by atoms with Crippen LogP contribution in [-0.4, -0.2) is 26.0 Å². The summed E-state index contributed by atoms with van der Waals surface area (Å²) in [5.41, 5.74) is -0.472. The molecule has 0 radical (unpaired) electrons. The Bertz CT molecular complexity index is 669. The SMILES string of the molecule is C[C@@H](NS(=O)(=O)c1cccc(C#N)c1)C(=O)OC(C)(C)C. The van der Waals surface area contributed by atoms with E-state index in [0.29, 0.717) is 0 Å². The number of esters is 1. The topological polar surface area (TPSA) is 96.3 Å². The average molecular weight is 310 g/mol. The minimum atomic E-state index is -3.89. The number of rotatable bonds is 4. The van der Waals surface area contributed by atoms with Gasteiger partial charge in [-0.1, -0.05) is 6.07 Å². The number of sulfonamides is 1. The molecule has 7 heteroatoms. The highest BCUT2D eigenvalue weighted by molar-refractivity contribution is 7.89. The standard InChI is InChI=1S/C14H18N2O4S/c1-10(13(17)20-14(2,3)4)16-21(18,19)12-7-5-6-11(8-12)9-15/h5-8,10,16H,1-4H3/t10-/m1/s1. The van der Waals surface area contributed by atoms with Crippen molar-refractivity contribution >= 4 is 16.0 Å². The van der Waals surface area contributed by atoms with E-state index in [9.17, 15) is 13.2 Å². The van der Waals surface area contributed by atoms with Crippen molar-refractivity contribution in [3.05, 3.63) is 29.8 Å². The molecule has 0 saturated heterocycles. The zero-order valence-corrected chi connectivity index (χ0v) is 13.2. The van der Waals surface area contributed by atoms with Crippen LogP contribution in [0.3, 0.4) is 0 Å². The third kappa shape index (κ3) is 5.17. The summed E-state index contributed by atoms with van der Waals surface area (Å²) in [6.07, 6.45) is 0. The largest absolute Gasteiger partial charge is 0.459 e. The molecule has 1 atom stereocenters. The average Bonchev–Trinajstić information content (AvgIpc) is 2.36. The lowest BCUT2D eigenvalue weighted by atomic mass is 10.2. The second-order valence-corrected chi connectivity index (χ2v) is 7.23. The maximum Gasteiger partial charge on any atom is 0.324 e. The van der Waals surface area contributed by atoms with Crippen LogP contribution in [0.5, 0.6) is 0 Å². The molecule has 0 aliphatic heterocycles. The van der Waals surface area contributed by atoms with Crippen LogP contribution in [0.4, 0.5) is 0 Å². The lowest BCUT2D eigenvalue weighted by molar-refractivity contribution is -0.156. The van der Waals surface area contributed by atoms with Gasteiger partial charge in [-0.2, -0.15) is 9.98 Å². The third-order valence-corrected chi connectivity index (χ3v) is 3.90. The van der Waals surface area contributed by atoms with Gasteiger partial charge in [-0.05, 0) is 45.9 Å². The zero-order valence-electron chi connectivity index (χ0n) is 12.4. The summed E-state index contributed by atoms with van der Waals surface area (Å²) < 4.78 is 31.6. The summed E-state index contributed by atoms with van der Waals surface area (Å²) in [5.74, 6) is -0.664. The van der Waals surface area contributed by atoms with Crippen molar-refractivity contribution in [1.29, 1.82) is 5.26 Å². The van der Waals surface area contributed by atoms with Gasteiger partial charge in [0, 0.05) is 0 Å². The van der Waals surface area contributed by atoms with E-state index in [-0.39, 0.29) is 10.5 Å². The van der Waals surface area contributed by atoms with E-state index in [0.717, 1.165) is 0 Å². The Morgan fingerprint density at radius 3 is 2.52 bits per heavy atom. The summed E-state index contributed by atoms with van der Waals surface area (Å²) in [6.45, 7) is 6.49. The molecule has 114 valence electrons. The molecule has 1 aromatic carbocycles. The van der Waals surface area contributed by atoms with Gasteiger partial charge < -0.3 is 4.74 Å². The molecular formula is C14H18N2O4S. The van der Waals surface area contributed by atoms with Gasteiger partial charge in [-0.15, -0.1) is 0 Å². The van der Waals surface area contributed by atoms with Gasteiger partial charge in [0.05, 0.1) is 16.5 Å². The van der Waals surface area contributed by atoms with Crippen LogP contribution < -0.4 is 4.72 Å². The molecule has 0 amide bonds. The van der Waals surface area contributed by atoms with Crippen molar-refractivity contribution in [2.24, 2.45) is 0 Å². The molecule has 0 spiro atoms. The highest BCUT2D eigenvalue weighted by Crippen LogP contribution is 2.13. The second-order valence-electron chi connectivity index (χ2n) is 5.52. The van der Waals surface area contributed by atoms with E-state index in [2.05, 4.69) is 4.72 Å². The lowest BCUT2D eigenvalue weighted by Gasteiger charge is -2.22. The summed E-state index contributed by atoms with van der Waals surface area (Å²) in [7, 11) is -3.89. The maximum atomic E-state index is 12.2. The molecule has 6 nitrogen and oxygen atoms in total. The monoisotopic (exact) mass is 310 g/mol.